The molecule has 0 atom stereocenters. The van der Waals surface area contributed by atoms with Crippen LogP contribution >= 0.6 is 0 Å². The van der Waals surface area contributed by atoms with Gasteiger partial charge in [0.1, 0.15) is 0 Å². The summed E-state index contributed by atoms with van der Waals surface area (Å²) in [6.45, 7) is 2.43. The number of benzene rings is 3. The lowest BCUT2D eigenvalue weighted by Gasteiger charge is -2.34. The summed E-state index contributed by atoms with van der Waals surface area (Å²) in [6.07, 6.45) is 1.87. The van der Waals surface area contributed by atoms with Crippen molar-refractivity contribution in [3.63, 3.8) is 0 Å². The van der Waals surface area contributed by atoms with E-state index in [2.05, 4.69) is 32.8 Å². The van der Waals surface area contributed by atoms with Crippen LogP contribution in [0.15, 0.2) is 71.6 Å². The molecule has 1 aliphatic carbocycles. The Hall–Kier alpha value is -4.33. The van der Waals surface area contributed by atoms with Gasteiger partial charge in [0.2, 0.25) is 10.0 Å². The Morgan fingerprint density at radius 3 is 2.29 bits per heavy atom. The fourth-order valence-corrected chi connectivity index (χ4v) is 8.21. The third-order valence-electron chi connectivity index (χ3n) is 9.62. The minimum Gasteiger partial charge on any atom is -0.369 e. The second-order valence-electron chi connectivity index (χ2n) is 13.0. The van der Waals surface area contributed by atoms with Crippen LogP contribution in [0.5, 0.6) is 0 Å². The molecular weight excluding hydrogens is 638 g/mol. The molecule has 0 aromatic heterocycles. The molecule has 1 saturated carbocycles. The summed E-state index contributed by atoms with van der Waals surface area (Å²) >= 11 is 0. The molecule has 13 heteroatoms. The van der Waals surface area contributed by atoms with E-state index >= 15 is 0 Å². The maximum Gasteiger partial charge on any atom is 0.262 e. The molecule has 3 fully saturated rings. The number of piperazine rings is 1. The molecule has 3 aliphatic heterocycles. The van der Waals surface area contributed by atoms with Crippen molar-refractivity contribution in [3.05, 3.63) is 83.4 Å². The monoisotopic (exact) mass is 676 g/mol. The summed E-state index contributed by atoms with van der Waals surface area (Å²) in [4.78, 5) is 31.4. The van der Waals surface area contributed by atoms with E-state index in [9.17, 15) is 26.8 Å². The number of amides is 2. The van der Waals surface area contributed by atoms with E-state index in [1.54, 1.807) is 0 Å². The second-order valence-corrected chi connectivity index (χ2v) is 14.9. The lowest BCUT2D eigenvalue weighted by Crippen LogP contribution is -2.44. The van der Waals surface area contributed by atoms with E-state index in [-0.39, 0.29) is 35.0 Å². The molecule has 3 heterocycles. The standard InChI is InChI=1S/C35H38F2N6O4S/c1-41-16-18-42(19-17-41)26-12-10-25(11-13-26)38-32(23-6-3-2-4-7-23)31-27-21-30(48(46,47)43-15-14-35(36,37)22-43)28(20-29(27)40-34(31)45)33(44)39-24-8-5-9-24/h2-4,6-7,10-13,20-21,24,38H,5,8-9,14-19,22H2,1H3,(H,39,44)(H,40,45)/b32-31-. The van der Waals surface area contributed by atoms with Crippen molar-refractivity contribution < 1.29 is 26.8 Å². The predicted molar refractivity (Wildman–Crippen MR) is 182 cm³/mol. The number of halogens is 2. The Balaban J connectivity index is 1.31. The minimum atomic E-state index is -4.54. The molecular formula is C35H38F2N6O4S. The average Bonchev–Trinajstić information content (AvgIpc) is 3.59. The molecule has 0 spiro atoms. The molecule has 3 aromatic rings. The minimum absolute atomic E-state index is 0.0981. The summed E-state index contributed by atoms with van der Waals surface area (Å²) < 4.78 is 57.2. The first kappa shape index (κ1) is 32.2. The summed E-state index contributed by atoms with van der Waals surface area (Å²) in [6, 6.07) is 19.6. The van der Waals surface area contributed by atoms with Gasteiger partial charge in [-0.2, -0.15) is 4.31 Å². The fraction of sp³-hybridized carbons (Fsp3) is 0.371. The summed E-state index contributed by atoms with van der Waals surface area (Å²) in [5, 5.41) is 9.09. The van der Waals surface area contributed by atoms with Gasteiger partial charge in [0.15, 0.2) is 0 Å². The number of sulfonamides is 1. The van der Waals surface area contributed by atoms with Crippen molar-refractivity contribution in [2.45, 2.75) is 42.5 Å². The first-order chi connectivity index (χ1) is 23.0. The van der Waals surface area contributed by atoms with E-state index in [0.717, 1.165) is 55.4 Å². The van der Waals surface area contributed by atoms with Crippen molar-refractivity contribution in [3.8, 4) is 0 Å². The highest BCUT2D eigenvalue weighted by Gasteiger charge is 2.45. The van der Waals surface area contributed by atoms with Crippen LogP contribution in [0.25, 0.3) is 11.3 Å². The lowest BCUT2D eigenvalue weighted by atomic mass is 9.92. The SMILES string of the molecule is CN1CCN(c2ccc(N/C(=C3\C(=O)Nc4cc(C(=O)NC5CCC5)c(S(=O)(=O)N5CCC(F)(F)C5)cc43)c3ccccc3)cc2)CC1. The molecule has 0 unspecified atom stereocenters. The summed E-state index contributed by atoms with van der Waals surface area (Å²) in [5.74, 6) is -4.29. The zero-order chi connectivity index (χ0) is 33.6. The van der Waals surface area contributed by atoms with Gasteiger partial charge in [-0.25, -0.2) is 17.2 Å². The van der Waals surface area contributed by atoms with E-state index in [0.29, 0.717) is 16.9 Å². The third-order valence-corrected chi connectivity index (χ3v) is 11.5. The number of nitrogens with one attached hydrogen (secondary N) is 3. The van der Waals surface area contributed by atoms with E-state index in [1.807, 2.05) is 54.6 Å². The lowest BCUT2D eigenvalue weighted by molar-refractivity contribution is -0.110. The largest absolute Gasteiger partial charge is 0.369 e. The van der Waals surface area contributed by atoms with E-state index in [1.165, 1.54) is 12.1 Å². The van der Waals surface area contributed by atoms with Crippen LogP contribution in [-0.4, -0.2) is 87.7 Å². The number of likely N-dealkylation sites (N-methyl/N-ethyl adjacent to an activating group) is 1. The third kappa shape index (κ3) is 6.29. The number of hydrogen-bond donors (Lipinski definition) is 3. The highest BCUT2D eigenvalue weighted by molar-refractivity contribution is 7.89. The zero-order valence-electron chi connectivity index (χ0n) is 26.6. The topological polar surface area (TPSA) is 114 Å². The Morgan fingerprint density at radius 2 is 1.67 bits per heavy atom. The number of fused-ring (bicyclic) bond motifs is 1. The number of hydrogen-bond acceptors (Lipinski definition) is 7. The van der Waals surface area contributed by atoms with Crippen LogP contribution in [0, 0.1) is 0 Å². The van der Waals surface area contributed by atoms with Gasteiger partial charge in [-0.1, -0.05) is 30.3 Å². The maximum atomic E-state index is 14.2. The average molecular weight is 677 g/mol. The Bertz CT molecular complexity index is 1870. The highest BCUT2D eigenvalue weighted by atomic mass is 32.2. The normalized spacial score (nSPS) is 21.0. The van der Waals surface area contributed by atoms with E-state index < -0.39 is 45.6 Å². The molecule has 4 aliphatic rings. The van der Waals surface area contributed by atoms with Crippen molar-refractivity contribution in [2.24, 2.45) is 0 Å². The number of rotatable bonds is 8. The molecule has 2 amide bonds. The van der Waals surface area contributed by atoms with Crippen molar-refractivity contribution in [1.82, 2.24) is 14.5 Å². The number of carbonyl (C=O) groups is 2. The van der Waals surface area contributed by atoms with Crippen molar-refractivity contribution in [2.75, 3.05) is 61.8 Å². The molecule has 7 rings (SSSR count). The highest BCUT2D eigenvalue weighted by Crippen LogP contribution is 2.42. The fourth-order valence-electron chi connectivity index (χ4n) is 6.55. The van der Waals surface area contributed by atoms with Gasteiger partial charge >= 0.3 is 0 Å². The van der Waals surface area contributed by atoms with Crippen LogP contribution < -0.4 is 20.9 Å². The number of carbonyl (C=O) groups excluding carboxylic acids is 2. The van der Waals surface area contributed by atoms with Gasteiger partial charge in [-0.05, 0) is 68.3 Å². The van der Waals surface area contributed by atoms with Crippen LogP contribution in [0.1, 0.15) is 47.2 Å². The van der Waals surface area contributed by atoms with Crippen LogP contribution in [0.2, 0.25) is 0 Å². The quantitative estimate of drug-likeness (QED) is 0.297. The maximum absolute atomic E-state index is 14.2. The van der Waals surface area contributed by atoms with Gasteiger partial charge < -0.3 is 25.8 Å². The van der Waals surface area contributed by atoms with E-state index in [4.69, 9.17) is 0 Å². The molecule has 48 heavy (non-hydrogen) atoms. The van der Waals surface area contributed by atoms with Gasteiger partial charge in [-0.3, -0.25) is 9.59 Å². The molecule has 10 nitrogen and oxygen atoms in total. The number of alkyl halides is 2. The molecule has 2 saturated heterocycles. The zero-order valence-corrected chi connectivity index (χ0v) is 27.5. The van der Waals surface area contributed by atoms with Crippen LogP contribution in [0.3, 0.4) is 0 Å². The van der Waals surface area contributed by atoms with Crippen molar-refractivity contribution in [1.29, 1.82) is 0 Å². The van der Waals surface area contributed by atoms with Crippen LogP contribution in [-0.2, 0) is 14.8 Å². The molecule has 3 aromatic carbocycles. The Morgan fingerprint density at radius 1 is 0.958 bits per heavy atom. The molecule has 0 radical (unpaired) electrons. The molecule has 252 valence electrons. The van der Waals surface area contributed by atoms with Crippen molar-refractivity contribution >= 4 is 50.2 Å². The molecule has 3 N–H and O–H groups in total. The summed E-state index contributed by atoms with van der Waals surface area (Å²) in [7, 11) is -2.43. The molecule has 0 bridgehead atoms. The summed E-state index contributed by atoms with van der Waals surface area (Å²) in [5.41, 5.74) is 3.41. The number of anilines is 3. The first-order valence-electron chi connectivity index (χ1n) is 16.3. The second kappa shape index (κ2) is 12.6. The predicted octanol–water partition coefficient (Wildman–Crippen LogP) is 4.68. The van der Waals surface area contributed by atoms with Gasteiger partial charge in [-0.15, -0.1) is 0 Å². The van der Waals surface area contributed by atoms with Gasteiger partial charge in [0.05, 0.1) is 34.0 Å². The Kier molecular flexibility index (Phi) is 8.46. The number of nitrogens with zero attached hydrogens (tertiary/aromatic N) is 3. The Labute approximate surface area is 278 Å². The first-order valence-corrected chi connectivity index (χ1v) is 17.7. The van der Waals surface area contributed by atoms with Gasteiger partial charge in [0, 0.05) is 62.1 Å². The smallest absolute Gasteiger partial charge is 0.262 e. The van der Waals surface area contributed by atoms with Gasteiger partial charge in [0.25, 0.3) is 17.7 Å². The van der Waals surface area contributed by atoms with Crippen LogP contribution in [0.4, 0.5) is 25.8 Å².